The fourth-order valence-corrected chi connectivity index (χ4v) is 3.24. The Morgan fingerprint density at radius 1 is 1.19 bits per heavy atom. The van der Waals surface area contributed by atoms with Gasteiger partial charge in [0.2, 0.25) is 5.91 Å². The van der Waals surface area contributed by atoms with E-state index in [1.54, 1.807) is 27.9 Å². The molecule has 0 saturated carbocycles. The number of amides is 1. The highest BCUT2D eigenvalue weighted by atomic mass is 79.9. The van der Waals surface area contributed by atoms with E-state index >= 15 is 0 Å². The van der Waals surface area contributed by atoms with Crippen molar-refractivity contribution in [3.63, 3.8) is 0 Å². The number of pyridine rings is 1. The van der Waals surface area contributed by atoms with Crippen molar-refractivity contribution in [2.24, 2.45) is 0 Å². The summed E-state index contributed by atoms with van der Waals surface area (Å²) in [6, 6.07) is 9.81. The van der Waals surface area contributed by atoms with Crippen molar-refractivity contribution in [1.82, 2.24) is 14.8 Å². The van der Waals surface area contributed by atoms with E-state index in [1.807, 2.05) is 32.9 Å². The number of carbonyl (C=O) groups is 1. The molecule has 7 heteroatoms. The zero-order chi connectivity index (χ0) is 19.6. The van der Waals surface area contributed by atoms with Crippen LogP contribution in [0, 0.1) is 19.7 Å². The summed E-state index contributed by atoms with van der Waals surface area (Å²) in [6.07, 6.45) is 1.90. The van der Waals surface area contributed by atoms with Crippen LogP contribution in [-0.4, -0.2) is 27.2 Å². The molecule has 0 aliphatic rings. The molecular weight excluding hydrogens is 411 g/mol. The largest absolute Gasteiger partial charge is 0.297 e. The lowest BCUT2D eigenvalue weighted by Gasteiger charge is -2.20. The third kappa shape index (κ3) is 4.08. The van der Waals surface area contributed by atoms with E-state index in [0.29, 0.717) is 12.4 Å². The Balaban J connectivity index is 1.87. The number of anilines is 1. The summed E-state index contributed by atoms with van der Waals surface area (Å²) < 4.78 is 15.8. The number of carbonyl (C=O) groups excluding carboxylic acids is 1. The van der Waals surface area contributed by atoms with Crippen LogP contribution in [-0.2, 0) is 11.2 Å². The monoisotopic (exact) mass is 430 g/mol. The number of nitrogens with zero attached hydrogens (tertiary/aromatic N) is 4. The van der Waals surface area contributed by atoms with Crippen LogP contribution < -0.4 is 4.90 Å². The molecular formula is C20H20BrFN4O. The van der Waals surface area contributed by atoms with Gasteiger partial charge in [-0.25, -0.2) is 14.1 Å². The molecule has 0 spiro atoms. The van der Waals surface area contributed by atoms with Crippen LogP contribution in [0.2, 0.25) is 0 Å². The maximum atomic E-state index is 13.2. The molecule has 0 aliphatic carbocycles. The Hall–Kier alpha value is -2.54. The molecule has 3 rings (SSSR count). The summed E-state index contributed by atoms with van der Waals surface area (Å²) in [6.45, 7) is 6.24. The molecule has 0 radical (unpaired) electrons. The Morgan fingerprint density at radius 2 is 1.89 bits per heavy atom. The van der Waals surface area contributed by atoms with Gasteiger partial charge in [0.25, 0.3) is 0 Å². The van der Waals surface area contributed by atoms with E-state index in [1.165, 1.54) is 12.1 Å². The smallest absolute Gasteiger partial charge is 0.232 e. The number of halogens is 2. The Bertz CT molecular complexity index is 951. The lowest BCUT2D eigenvalue weighted by Crippen LogP contribution is -2.33. The predicted octanol–water partition coefficient (Wildman–Crippen LogP) is 4.38. The first-order valence-electron chi connectivity index (χ1n) is 8.63. The zero-order valence-corrected chi connectivity index (χ0v) is 17.0. The molecule has 0 atom stereocenters. The molecule has 0 fully saturated rings. The molecule has 0 aliphatic heterocycles. The number of hydrogen-bond donors (Lipinski definition) is 0. The van der Waals surface area contributed by atoms with E-state index in [9.17, 15) is 9.18 Å². The molecule has 0 saturated heterocycles. The van der Waals surface area contributed by atoms with Crippen LogP contribution >= 0.6 is 15.9 Å². The summed E-state index contributed by atoms with van der Waals surface area (Å²) in [5, 5.41) is 4.53. The first kappa shape index (κ1) is 19.2. The molecule has 2 aromatic heterocycles. The maximum absolute atomic E-state index is 13.2. The molecule has 0 unspecified atom stereocenters. The number of hydrogen-bond acceptors (Lipinski definition) is 3. The van der Waals surface area contributed by atoms with Crippen LogP contribution in [0.25, 0.3) is 5.69 Å². The summed E-state index contributed by atoms with van der Waals surface area (Å²) in [4.78, 5) is 18.9. The number of aromatic nitrogens is 3. The summed E-state index contributed by atoms with van der Waals surface area (Å²) in [7, 11) is 0. The van der Waals surface area contributed by atoms with Gasteiger partial charge < -0.3 is 0 Å². The van der Waals surface area contributed by atoms with Crippen LogP contribution in [0.4, 0.5) is 10.2 Å². The van der Waals surface area contributed by atoms with Crippen molar-refractivity contribution in [2.75, 3.05) is 11.4 Å². The van der Waals surface area contributed by atoms with Gasteiger partial charge in [-0.1, -0.05) is 0 Å². The SMILES string of the molecule is CCN(C(=O)Cc1c(C)nn(-c2ccc(F)cc2)c1C)c1ccc(Br)cn1. The van der Waals surface area contributed by atoms with Gasteiger partial charge in [0, 0.05) is 28.5 Å². The van der Waals surface area contributed by atoms with Crippen molar-refractivity contribution >= 4 is 27.7 Å². The van der Waals surface area contributed by atoms with Gasteiger partial charge in [-0.2, -0.15) is 5.10 Å². The van der Waals surface area contributed by atoms with Crippen molar-refractivity contribution in [1.29, 1.82) is 0 Å². The molecule has 1 aromatic carbocycles. The second-order valence-corrected chi connectivity index (χ2v) is 7.10. The standard InChI is InChI=1S/C20H20BrFN4O/c1-4-25(19-10-5-15(21)12-23-19)20(27)11-18-13(2)24-26(14(18)3)17-8-6-16(22)7-9-17/h5-10,12H,4,11H2,1-3H3. The highest BCUT2D eigenvalue weighted by Crippen LogP contribution is 2.21. The van der Waals surface area contributed by atoms with Gasteiger partial charge in [0.05, 0.1) is 17.8 Å². The van der Waals surface area contributed by atoms with Crippen LogP contribution in [0.3, 0.4) is 0 Å². The number of likely N-dealkylation sites (N-methyl/N-ethyl adjacent to an activating group) is 1. The van der Waals surface area contributed by atoms with E-state index < -0.39 is 0 Å². The molecule has 5 nitrogen and oxygen atoms in total. The molecule has 0 bridgehead atoms. The molecule has 27 heavy (non-hydrogen) atoms. The Labute approximate surface area is 166 Å². The summed E-state index contributed by atoms with van der Waals surface area (Å²) in [5.74, 6) is 0.278. The predicted molar refractivity (Wildman–Crippen MR) is 107 cm³/mol. The number of benzene rings is 1. The zero-order valence-electron chi connectivity index (χ0n) is 15.4. The molecule has 1 amide bonds. The first-order valence-corrected chi connectivity index (χ1v) is 9.43. The first-order chi connectivity index (χ1) is 12.9. The quantitative estimate of drug-likeness (QED) is 0.603. The normalized spacial score (nSPS) is 10.9. The second kappa shape index (κ2) is 8.00. The van der Waals surface area contributed by atoms with Crippen molar-refractivity contribution in [2.45, 2.75) is 27.2 Å². The van der Waals surface area contributed by atoms with Gasteiger partial charge in [-0.05, 0) is 73.1 Å². The molecule has 2 heterocycles. The topological polar surface area (TPSA) is 51.0 Å². The van der Waals surface area contributed by atoms with Crippen molar-refractivity contribution in [3.8, 4) is 5.69 Å². The third-order valence-corrected chi connectivity index (χ3v) is 4.92. The van der Waals surface area contributed by atoms with Gasteiger partial charge in [-0.15, -0.1) is 0 Å². The van der Waals surface area contributed by atoms with Gasteiger partial charge >= 0.3 is 0 Å². The van der Waals surface area contributed by atoms with E-state index in [4.69, 9.17) is 0 Å². The van der Waals surface area contributed by atoms with Crippen LogP contribution in [0.15, 0.2) is 47.1 Å². The fourth-order valence-electron chi connectivity index (χ4n) is 3.00. The van der Waals surface area contributed by atoms with E-state index in [0.717, 1.165) is 27.1 Å². The summed E-state index contributed by atoms with van der Waals surface area (Å²) >= 11 is 3.36. The minimum Gasteiger partial charge on any atom is -0.297 e. The van der Waals surface area contributed by atoms with Crippen molar-refractivity contribution < 1.29 is 9.18 Å². The molecule has 140 valence electrons. The third-order valence-electron chi connectivity index (χ3n) is 4.45. The average molecular weight is 431 g/mol. The van der Waals surface area contributed by atoms with E-state index in [2.05, 4.69) is 26.0 Å². The second-order valence-electron chi connectivity index (χ2n) is 6.19. The molecule has 3 aromatic rings. The highest BCUT2D eigenvalue weighted by Gasteiger charge is 2.21. The fraction of sp³-hybridized carbons (Fsp3) is 0.250. The summed E-state index contributed by atoms with van der Waals surface area (Å²) in [5.41, 5.74) is 3.29. The van der Waals surface area contributed by atoms with Crippen molar-refractivity contribution in [3.05, 3.63) is 69.8 Å². The van der Waals surface area contributed by atoms with Gasteiger partial charge in [-0.3, -0.25) is 9.69 Å². The highest BCUT2D eigenvalue weighted by molar-refractivity contribution is 9.10. The Morgan fingerprint density at radius 3 is 2.48 bits per heavy atom. The van der Waals surface area contributed by atoms with Crippen LogP contribution in [0.5, 0.6) is 0 Å². The van der Waals surface area contributed by atoms with E-state index in [-0.39, 0.29) is 18.1 Å². The minimum absolute atomic E-state index is 0.0443. The lowest BCUT2D eigenvalue weighted by molar-refractivity contribution is -0.118. The average Bonchev–Trinajstić information content (AvgIpc) is 2.93. The number of aryl methyl sites for hydroxylation is 1. The minimum atomic E-state index is -0.295. The lowest BCUT2D eigenvalue weighted by atomic mass is 10.1. The maximum Gasteiger partial charge on any atom is 0.232 e. The Kier molecular flexibility index (Phi) is 5.70. The molecule has 0 N–H and O–H groups in total. The number of rotatable bonds is 5. The van der Waals surface area contributed by atoms with Crippen LogP contribution in [0.1, 0.15) is 23.9 Å². The van der Waals surface area contributed by atoms with Gasteiger partial charge in [0.1, 0.15) is 11.6 Å². The van der Waals surface area contributed by atoms with Gasteiger partial charge in [0.15, 0.2) is 0 Å².